The van der Waals surface area contributed by atoms with Crippen LogP contribution in [-0.4, -0.2) is 25.2 Å². The predicted molar refractivity (Wildman–Crippen MR) is 107 cm³/mol. The van der Waals surface area contributed by atoms with Crippen molar-refractivity contribution in [1.82, 2.24) is 10.5 Å². The Balaban J connectivity index is 2.03. The maximum atomic E-state index is 13.4. The molecule has 0 spiro atoms. The van der Waals surface area contributed by atoms with Gasteiger partial charge in [-0.1, -0.05) is 5.16 Å². The Labute approximate surface area is 166 Å². The third-order valence-electron chi connectivity index (χ3n) is 4.87. The van der Waals surface area contributed by atoms with E-state index in [4.69, 9.17) is 13.7 Å². The standard InChI is InChI=1S/C22H19FN2O4/c1-11-19(12(2)29-25-11)15-10-18-16(9-17(15)27-4)20(22(26)24-3)21(28-18)13-5-7-14(23)8-6-13/h5-10H,1-4H3,(H,24,26). The maximum absolute atomic E-state index is 13.4. The molecule has 2 aromatic carbocycles. The Hall–Kier alpha value is -3.61. The van der Waals surface area contributed by atoms with Crippen LogP contribution in [0, 0.1) is 19.7 Å². The van der Waals surface area contributed by atoms with Crippen molar-refractivity contribution in [3.63, 3.8) is 0 Å². The summed E-state index contributed by atoms with van der Waals surface area (Å²) in [6.45, 7) is 3.67. The molecular weight excluding hydrogens is 375 g/mol. The quantitative estimate of drug-likeness (QED) is 0.534. The smallest absolute Gasteiger partial charge is 0.255 e. The van der Waals surface area contributed by atoms with Crippen LogP contribution in [0.3, 0.4) is 0 Å². The van der Waals surface area contributed by atoms with E-state index in [0.717, 1.165) is 16.8 Å². The molecule has 0 bridgehead atoms. The van der Waals surface area contributed by atoms with Gasteiger partial charge in [0.1, 0.15) is 28.7 Å². The molecule has 0 saturated heterocycles. The predicted octanol–water partition coefficient (Wildman–Crippen LogP) is 4.88. The Kier molecular flexibility index (Phi) is 4.58. The van der Waals surface area contributed by atoms with Gasteiger partial charge in [0.25, 0.3) is 5.91 Å². The molecule has 0 unspecified atom stereocenters. The number of amides is 1. The van der Waals surface area contributed by atoms with Gasteiger partial charge in [0.2, 0.25) is 0 Å². The maximum Gasteiger partial charge on any atom is 0.255 e. The van der Waals surface area contributed by atoms with E-state index < -0.39 is 0 Å². The van der Waals surface area contributed by atoms with E-state index in [-0.39, 0.29) is 11.7 Å². The minimum Gasteiger partial charge on any atom is -0.496 e. The largest absolute Gasteiger partial charge is 0.496 e. The van der Waals surface area contributed by atoms with Gasteiger partial charge in [-0.25, -0.2) is 4.39 Å². The second-order valence-electron chi connectivity index (χ2n) is 6.64. The first-order valence-corrected chi connectivity index (χ1v) is 9.00. The zero-order chi connectivity index (χ0) is 20.7. The highest BCUT2D eigenvalue weighted by atomic mass is 19.1. The Morgan fingerprint density at radius 1 is 1.17 bits per heavy atom. The molecule has 0 atom stereocenters. The van der Waals surface area contributed by atoms with Crippen LogP contribution in [0.5, 0.6) is 5.75 Å². The summed E-state index contributed by atoms with van der Waals surface area (Å²) in [5, 5.41) is 7.24. The molecule has 0 radical (unpaired) electrons. The number of furan rings is 1. The number of halogens is 1. The Morgan fingerprint density at radius 2 is 1.90 bits per heavy atom. The molecule has 29 heavy (non-hydrogen) atoms. The van der Waals surface area contributed by atoms with Gasteiger partial charge in [0.15, 0.2) is 0 Å². The van der Waals surface area contributed by atoms with E-state index in [0.29, 0.717) is 39.4 Å². The molecule has 0 aliphatic rings. The molecule has 0 aliphatic heterocycles. The van der Waals surface area contributed by atoms with E-state index in [1.165, 1.54) is 12.1 Å². The topological polar surface area (TPSA) is 77.5 Å². The third kappa shape index (κ3) is 3.04. The van der Waals surface area contributed by atoms with Crippen LogP contribution in [0.4, 0.5) is 4.39 Å². The molecule has 4 rings (SSSR count). The lowest BCUT2D eigenvalue weighted by Crippen LogP contribution is -2.18. The monoisotopic (exact) mass is 394 g/mol. The number of methoxy groups -OCH3 is 1. The molecule has 0 fully saturated rings. The lowest BCUT2D eigenvalue weighted by molar-refractivity contribution is 0.0964. The molecule has 1 amide bonds. The number of hydrogen-bond acceptors (Lipinski definition) is 5. The van der Waals surface area contributed by atoms with Crippen molar-refractivity contribution in [2.75, 3.05) is 14.2 Å². The number of carbonyl (C=O) groups excluding carboxylic acids is 1. The number of aryl methyl sites for hydroxylation is 2. The van der Waals surface area contributed by atoms with Gasteiger partial charge in [-0.3, -0.25) is 4.79 Å². The molecule has 4 aromatic rings. The van der Waals surface area contributed by atoms with E-state index >= 15 is 0 Å². The van der Waals surface area contributed by atoms with Gasteiger partial charge < -0.3 is 19.0 Å². The number of nitrogens with zero attached hydrogens (tertiary/aromatic N) is 1. The number of benzene rings is 2. The molecule has 0 saturated carbocycles. The fourth-order valence-electron chi connectivity index (χ4n) is 3.51. The molecule has 6 nitrogen and oxygen atoms in total. The number of nitrogens with one attached hydrogen (secondary N) is 1. The summed E-state index contributed by atoms with van der Waals surface area (Å²) in [6.07, 6.45) is 0. The van der Waals surface area contributed by atoms with Crippen LogP contribution < -0.4 is 10.1 Å². The van der Waals surface area contributed by atoms with Gasteiger partial charge in [-0.05, 0) is 50.2 Å². The summed E-state index contributed by atoms with van der Waals surface area (Å²) in [6, 6.07) is 9.37. The lowest BCUT2D eigenvalue weighted by Gasteiger charge is -2.08. The fraction of sp³-hybridized carbons (Fsp3) is 0.182. The second-order valence-corrected chi connectivity index (χ2v) is 6.64. The summed E-state index contributed by atoms with van der Waals surface area (Å²) >= 11 is 0. The first-order valence-electron chi connectivity index (χ1n) is 9.00. The number of ether oxygens (including phenoxy) is 1. The Morgan fingerprint density at radius 3 is 2.48 bits per heavy atom. The first-order chi connectivity index (χ1) is 13.9. The van der Waals surface area contributed by atoms with Crippen LogP contribution in [0.15, 0.2) is 45.3 Å². The van der Waals surface area contributed by atoms with E-state index in [1.807, 2.05) is 13.8 Å². The van der Waals surface area contributed by atoms with Gasteiger partial charge >= 0.3 is 0 Å². The van der Waals surface area contributed by atoms with Gasteiger partial charge in [0.05, 0.1) is 23.9 Å². The van der Waals surface area contributed by atoms with E-state index in [9.17, 15) is 9.18 Å². The van der Waals surface area contributed by atoms with Crippen LogP contribution in [0.1, 0.15) is 21.8 Å². The number of fused-ring (bicyclic) bond motifs is 1. The SMILES string of the molecule is CNC(=O)c1c(-c2ccc(F)cc2)oc2cc(-c3c(C)noc3C)c(OC)cc12. The summed E-state index contributed by atoms with van der Waals surface area (Å²) in [5.74, 6) is 0.891. The fourth-order valence-corrected chi connectivity index (χ4v) is 3.51. The lowest BCUT2D eigenvalue weighted by atomic mass is 9.99. The average Bonchev–Trinajstić information content (AvgIpc) is 3.26. The van der Waals surface area contributed by atoms with Crippen molar-refractivity contribution in [2.45, 2.75) is 13.8 Å². The van der Waals surface area contributed by atoms with Crippen molar-refractivity contribution in [1.29, 1.82) is 0 Å². The van der Waals surface area contributed by atoms with Crippen LogP contribution in [0.25, 0.3) is 33.4 Å². The zero-order valence-corrected chi connectivity index (χ0v) is 16.4. The third-order valence-corrected chi connectivity index (χ3v) is 4.87. The van der Waals surface area contributed by atoms with Crippen LogP contribution in [-0.2, 0) is 0 Å². The van der Waals surface area contributed by atoms with Crippen molar-refractivity contribution < 1.29 is 22.9 Å². The molecule has 0 aliphatic carbocycles. The van der Waals surface area contributed by atoms with Crippen LogP contribution >= 0.6 is 0 Å². The van der Waals surface area contributed by atoms with Crippen molar-refractivity contribution in [2.24, 2.45) is 0 Å². The van der Waals surface area contributed by atoms with Gasteiger partial charge in [-0.15, -0.1) is 0 Å². The second kappa shape index (κ2) is 7.09. The van der Waals surface area contributed by atoms with Gasteiger partial charge in [-0.2, -0.15) is 0 Å². The highest BCUT2D eigenvalue weighted by molar-refractivity contribution is 6.12. The van der Waals surface area contributed by atoms with Crippen molar-refractivity contribution >= 4 is 16.9 Å². The number of rotatable bonds is 4. The summed E-state index contributed by atoms with van der Waals surface area (Å²) in [4.78, 5) is 12.7. The summed E-state index contributed by atoms with van der Waals surface area (Å²) in [5.41, 5.74) is 3.73. The Bertz CT molecular complexity index is 1200. The molecule has 7 heteroatoms. The first kappa shape index (κ1) is 18.7. The molecular formula is C22H19FN2O4. The molecule has 2 aromatic heterocycles. The van der Waals surface area contributed by atoms with Crippen molar-refractivity contribution in [3.05, 3.63) is 59.2 Å². The minimum absolute atomic E-state index is 0.310. The van der Waals surface area contributed by atoms with Crippen molar-refractivity contribution in [3.8, 4) is 28.2 Å². The molecule has 148 valence electrons. The zero-order valence-electron chi connectivity index (χ0n) is 16.4. The average molecular weight is 394 g/mol. The summed E-state index contributed by atoms with van der Waals surface area (Å²) in [7, 11) is 3.11. The number of hydrogen-bond donors (Lipinski definition) is 1. The normalized spacial score (nSPS) is 11.1. The number of carbonyl (C=O) groups is 1. The van der Waals surface area contributed by atoms with Crippen LogP contribution in [0.2, 0.25) is 0 Å². The number of aromatic nitrogens is 1. The minimum atomic E-state index is -0.367. The highest BCUT2D eigenvalue weighted by Crippen LogP contribution is 2.42. The van der Waals surface area contributed by atoms with E-state index in [1.54, 1.807) is 38.4 Å². The molecule has 1 N–H and O–H groups in total. The van der Waals surface area contributed by atoms with E-state index in [2.05, 4.69) is 10.5 Å². The summed E-state index contributed by atoms with van der Waals surface area (Å²) < 4.78 is 30.3. The van der Waals surface area contributed by atoms with Gasteiger partial charge in [0, 0.05) is 23.6 Å². The molecule has 2 heterocycles. The highest BCUT2D eigenvalue weighted by Gasteiger charge is 2.25.